The number of hydrogen-bond donors (Lipinski definition) is 3. The number of nitrogens with zero attached hydrogens (tertiary/aromatic N) is 1. The number of aromatic nitrogens is 1. The van der Waals surface area contributed by atoms with Crippen molar-refractivity contribution >= 4 is 34.2 Å². The van der Waals surface area contributed by atoms with E-state index in [0.29, 0.717) is 15.5 Å². The van der Waals surface area contributed by atoms with Gasteiger partial charge in [0.15, 0.2) is 5.13 Å². The van der Waals surface area contributed by atoms with Crippen LogP contribution in [0, 0.1) is 0 Å². The second-order valence-electron chi connectivity index (χ2n) is 3.46. The highest BCUT2D eigenvalue weighted by molar-refractivity contribution is 7.15. The molecule has 5 nitrogen and oxygen atoms in total. The summed E-state index contributed by atoms with van der Waals surface area (Å²) >= 11 is 6.91. The number of benzene rings is 1. The maximum atomic E-state index is 10.4. The third-order valence-electron chi connectivity index (χ3n) is 2.17. The lowest BCUT2D eigenvalue weighted by Crippen LogP contribution is -2.06. The summed E-state index contributed by atoms with van der Waals surface area (Å²) in [6.45, 7) is 0. The Bertz CT molecular complexity index is 573. The van der Waals surface area contributed by atoms with Crippen LogP contribution in [0.5, 0.6) is 0 Å². The van der Waals surface area contributed by atoms with Gasteiger partial charge in [-0.1, -0.05) is 35.1 Å². The molecule has 0 aliphatic rings. The number of aliphatic hydroxyl groups excluding tert-OH is 1. The molecule has 1 amide bonds. The molecule has 0 fully saturated rings. The van der Waals surface area contributed by atoms with E-state index in [-0.39, 0.29) is 5.13 Å². The van der Waals surface area contributed by atoms with Crippen molar-refractivity contribution in [2.75, 3.05) is 5.32 Å². The van der Waals surface area contributed by atoms with Gasteiger partial charge < -0.3 is 10.2 Å². The Morgan fingerprint density at radius 3 is 2.94 bits per heavy atom. The van der Waals surface area contributed by atoms with Crippen molar-refractivity contribution in [2.45, 2.75) is 6.10 Å². The SMILES string of the molecule is O=C(O)Nc1ncc(C(O)c2cccc(Cl)c2)s1. The largest absolute Gasteiger partial charge is 0.465 e. The molecule has 0 saturated carbocycles. The number of halogens is 1. The van der Waals surface area contributed by atoms with Crippen LogP contribution in [-0.2, 0) is 0 Å². The summed E-state index contributed by atoms with van der Waals surface area (Å²) in [5.41, 5.74) is 0.632. The molecule has 1 heterocycles. The van der Waals surface area contributed by atoms with Crippen LogP contribution in [0.25, 0.3) is 0 Å². The van der Waals surface area contributed by atoms with Gasteiger partial charge in [-0.15, -0.1) is 0 Å². The minimum absolute atomic E-state index is 0.221. The second-order valence-corrected chi connectivity index (χ2v) is 4.95. The summed E-state index contributed by atoms with van der Waals surface area (Å²) in [6, 6.07) is 6.83. The molecule has 0 bridgehead atoms. The number of rotatable bonds is 3. The average molecular weight is 285 g/mol. The highest BCUT2D eigenvalue weighted by Gasteiger charge is 2.15. The summed E-state index contributed by atoms with van der Waals surface area (Å²) in [7, 11) is 0. The maximum absolute atomic E-state index is 10.4. The third-order valence-corrected chi connectivity index (χ3v) is 3.37. The molecule has 3 N–H and O–H groups in total. The Kier molecular flexibility index (Phi) is 3.81. The van der Waals surface area contributed by atoms with Crippen LogP contribution in [0.15, 0.2) is 30.5 Å². The van der Waals surface area contributed by atoms with Crippen LogP contribution in [0.3, 0.4) is 0 Å². The molecule has 18 heavy (non-hydrogen) atoms. The third kappa shape index (κ3) is 2.98. The Hall–Kier alpha value is -1.63. The summed E-state index contributed by atoms with van der Waals surface area (Å²) in [6.07, 6.45) is -0.625. The predicted octanol–water partition coefficient (Wildman–Crippen LogP) is 2.97. The van der Waals surface area contributed by atoms with Crippen molar-refractivity contribution in [1.29, 1.82) is 0 Å². The van der Waals surface area contributed by atoms with E-state index in [9.17, 15) is 9.90 Å². The van der Waals surface area contributed by atoms with Crippen molar-refractivity contribution in [2.24, 2.45) is 0 Å². The Balaban J connectivity index is 2.21. The van der Waals surface area contributed by atoms with Crippen LogP contribution in [-0.4, -0.2) is 21.3 Å². The lowest BCUT2D eigenvalue weighted by Gasteiger charge is -2.08. The molecule has 0 aliphatic heterocycles. The maximum Gasteiger partial charge on any atom is 0.410 e. The van der Waals surface area contributed by atoms with Gasteiger partial charge in [-0.05, 0) is 17.7 Å². The van der Waals surface area contributed by atoms with E-state index in [0.717, 1.165) is 11.3 Å². The van der Waals surface area contributed by atoms with Crippen LogP contribution >= 0.6 is 22.9 Å². The van der Waals surface area contributed by atoms with E-state index in [1.807, 2.05) is 0 Å². The van der Waals surface area contributed by atoms with E-state index in [1.54, 1.807) is 24.3 Å². The number of hydrogen-bond acceptors (Lipinski definition) is 4. The van der Waals surface area contributed by atoms with Gasteiger partial charge in [0.05, 0.1) is 4.88 Å². The molecular weight excluding hydrogens is 276 g/mol. The number of nitrogens with one attached hydrogen (secondary N) is 1. The van der Waals surface area contributed by atoms with Crippen LogP contribution in [0.1, 0.15) is 16.5 Å². The summed E-state index contributed by atoms with van der Waals surface area (Å²) in [4.78, 5) is 14.8. The highest BCUT2D eigenvalue weighted by atomic mass is 35.5. The fraction of sp³-hybridized carbons (Fsp3) is 0.0909. The van der Waals surface area contributed by atoms with E-state index < -0.39 is 12.2 Å². The van der Waals surface area contributed by atoms with Gasteiger partial charge >= 0.3 is 6.09 Å². The predicted molar refractivity (Wildman–Crippen MR) is 69.3 cm³/mol. The summed E-state index contributed by atoms with van der Waals surface area (Å²) < 4.78 is 0. The first kappa shape index (κ1) is 12.8. The van der Waals surface area contributed by atoms with Gasteiger partial charge in [0.2, 0.25) is 0 Å². The Morgan fingerprint density at radius 2 is 2.28 bits per heavy atom. The minimum Gasteiger partial charge on any atom is -0.465 e. The van der Waals surface area contributed by atoms with Gasteiger partial charge in [0.1, 0.15) is 6.10 Å². The van der Waals surface area contributed by atoms with Crippen molar-refractivity contribution in [1.82, 2.24) is 4.98 Å². The van der Waals surface area contributed by atoms with E-state index in [4.69, 9.17) is 16.7 Å². The molecule has 0 radical (unpaired) electrons. The fourth-order valence-corrected chi connectivity index (χ4v) is 2.42. The molecule has 0 spiro atoms. The zero-order valence-electron chi connectivity index (χ0n) is 9.00. The molecule has 1 aromatic carbocycles. The molecule has 1 unspecified atom stereocenters. The molecule has 0 aliphatic carbocycles. The zero-order valence-corrected chi connectivity index (χ0v) is 10.6. The average Bonchev–Trinajstić information content (AvgIpc) is 2.75. The first-order valence-corrected chi connectivity index (χ1v) is 6.15. The van der Waals surface area contributed by atoms with E-state index in [2.05, 4.69) is 10.3 Å². The van der Waals surface area contributed by atoms with Crippen molar-refractivity contribution < 1.29 is 15.0 Å². The van der Waals surface area contributed by atoms with Crippen LogP contribution in [0.4, 0.5) is 9.93 Å². The first-order valence-electron chi connectivity index (χ1n) is 4.95. The molecular formula is C11H9ClN2O3S. The molecule has 1 atom stereocenters. The number of anilines is 1. The molecule has 94 valence electrons. The summed E-state index contributed by atoms with van der Waals surface area (Å²) in [5, 5.41) is 21.5. The van der Waals surface area contributed by atoms with Crippen LogP contribution < -0.4 is 5.32 Å². The number of carbonyl (C=O) groups is 1. The lowest BCUT2D eigenvalue weighted by atomic mass is 10.1. The standard InChI is InChI=1S/C11H9ClN2O3S/c12-7-3-1-2-6(4-7)9(15)8-5-13-10(18-8)14-11(16)17/h1-5,9,15H,(H,13,14)(H,16,17). The highest BCUT2D eigenvalue weighted by Crippen LogP contribution is 2.30. The van der Waals surface area contributed by atoms with Gasteiger partial charge in [-0.3, -0.25) is 5.32 Å². The minimum atomic E-state index is -1.19. The number of thiazole rings is 1. The fourth-order valence-electron chi connectivity index (χ4n) is 1.40. The molecule has 7 heteroatoms. The first-order chi connectivity index (χ1) is 8.56. The van der Waals surface area contributed by atoms with E-state index in [1.165, 1.54) is 6.20 Å². The Morgan fingerprint density at radius 1 is 1.50 bits per heavy atom. The molecule has 2 aromatic rings. The van der Waals surface area contributed by atoms with Gasteiger partial charge in [-0.2, -0.15) is 0 Å². The number of amides is 1. The van der Waals surface area contributed by atoms with Gasteiger partial charge in [0, 0.05) is 11.2 Å². The summed E-state index contributed by atoms with van der Waals surface area (Å²) in [5.74, 6) is 0. The van der Waals surface area contributed by atoms with Gasteiger partial charge in [-0.25, -0.2) is 9.78 Å². The van der Waals surface area contributed by atoms with Crippen LogP contribution in [0.2, 0.25) is 5.02 Å². The van der Waals surface area contributed by atoms with E-state index >= 15 is 0 Å². The quantitative estimate of drug-likeness (QED) is 0.809. The number of carboxylic acid groups (broad SMARTS) is 1. The van der Waals surface area contributed by atoms with Crippen molar-refractivity contribution in [3.8, 4) is 0 Å². The number of aliphatic hydroxyl groups is 1. The lowest BCUT2D eigenvalue weighted by molar-refractivity contribution is 0.209. The topological polar surface area (TPSA) is 82.5 Å². The van der Waals surface area contributed by atoms with Gasteiger partial charge in [0.25, 0.3) is 0 Å². The smallest absolute Gasteiger partial charge is 0.410 e. The molecule has 0 saturated heterocycles. The zero-order chi connectivity index (χ0) is 13.1. The molecule has 1 aromatic heterocycles. The van der Waals surface area contributed by atoms with Crippen molar-refractivity contribution in [3.05, 3.63) is 45.9 Å². The Labute approximate surface area is 112 Å². The molecule has 2 rings (SSSR count). The normalized spacial score (nSPS) is 12.1. The second kappa shape index (κ2) is 5.34. The monoisotopic (exact) mass is 284 g/mol. The van der Waals surface area contributed by atoms with Crippen molar-refractivity contribution in [3.63, 3.8) is 0 Å².